The van der Waals surface area contributed by atoms with Crippen LogP contribution in [0.3, 0.4) is 0 Å². The lowest BCUT2D eigenvalue weighted by molar-refractivity contribution is 0.0771. The van der Waals surface area contributed by atoms with Gasteiger partial charge in [0, 0.05) is 6.61 Å². The van der Waals surface area contributed by atoms with Gasteiger partial charge in [-0.25, -0.2) is 0 Å². The zero-order valence-corrected chi connectivity index (χ0v) is 12.0. The van der Waals surface area contributed by atoms with Crippen LogP contribution in [0.5, 0.6) is 0 Å². The molecule has 1 aromatic carbocycles. The molecule has 0 aliphatic rings. The first-order valence-electron chi connectivity index (χ1n) is 7.07. The average molecular weight is 249 g/mol. The second kappa shape index (κ2) is 9.12. The van der Waals surface area contributed by atoms with Crippen LogP contribution < -0.4 is 5.32 Å². The van der Waals surface area contributed by atoms with Crippen molar-refractivity contribution in [2.75, 3.05) is 19.7 Å². The summed E-state index contributed by atoms with van der Waals surface area (Å²) in [5.74, 6) is 0.630. The Morgan fingerprint density at radius 2 is 1.78 bits per heavy atom. The van der Waals surface area contributed by atoms with Crippen LogP contribution in [0.25, 0.3) is 0 Å². The molecule has 2 heteroatoms. The third-order valence-corrected chi connectivity index (χ3v) is 3.07. The molecule has 0 fully saturated rings. The zero-order chi connectivity index (χ0) is 13.2. The summed E-state index contributed by atoms with van der Waals surface area (Å²) in [6, 6.07) is 10.7. The molecule has 102 valence electrons. The Hall–Kier alpha value is -0.860. The molecule has 2 nitrogen and oxygen atoms in total. The standard InChI is InChI=1S/C16H27NO/c1-14(2)18-13-7-11-17-12-10-15(3)16-8-5-4-6-9-16/h4-6,8-9,14-15,17H,7,10-13H2,1-3H3. The summed E-state index contributed by atoms with van der Waals surface area (Å²) in [5, 5.41) is 3.48. The molecule has 0 heterocycles. The van der Waals surface area contributed by atoms with Crippen LogP contribution in [0.4, 0.5) is 0 Å². The first-order valence-corrected chi connectivity index (χ1v) is 7.07. The van der Waals surface area contributed by atoms with Gasteiger partial charge in [-0.05, 0) is 51.3 Å². The topological polar surface area (TPSA) is 21.3 Å². The molecule has 0 aliphatic heterocycles. The Balaban J connectivity index is 2.01. The molecule has 1 aromatic rings. The quantitative estimate of drug-likeness (QED) is 0.675. The van der Waals surface area contributed by atoms with Crippen molar-refractivity contribution in [1.82, 2.24) is 5.32 Å². The molecular weight excluding hydrogens is 222 g/mol. The number of nitrogens with one attached hydrogen (secondary N) is 1. The third-order valence-electron chi connectivity index (χ3n) is 3.07. The van der Waals surface area contributed by atoms with Crippen LogP contribution >= 0.6 is 0 Å². The average Bonchev–Trinajstić information content (AvgIpc) is 2.38. The third kappa shape index (κ3) is 6.77. The van der Waals surface area contributed by atoms with Gasteiger partial charge in [-0.2, -0.15) is 0 Å². The molecule has 1 N–H and O–H groups in total. The maximum Gasteiger partial charge on any atom is 0.0518 e. The highest BCUT2D eigenvalue weighted by Gasteiger charge is 2.03. The van der Waals surface area contributed by atoms with Crippen molar-refractivity contribution >= 4 is 0 Å². The Labute approximate surface area is 112 Å². The van der Waals surface area contributed by atoms with Crippen molar-refractivity contribution < 1.29 is 4.74 Å². The van der Waals surface area contributed by atoms with E-state index in [-0.39, 0.29) is 0 Å². The van der Waals surface area contributed by atoms with Crippen molar-refractivity contribution in [2.45, 2.75) is 45.6 Å². The lowest BCUT2D eigenvalue weighted by Crippen LogP contribution is -2.20. The Morgan fingerprint density at radius 1 is 1.06 bits per heavy atom. The highest BCUT2D eigenvalue weighted by Crippen LogP contribution is 2.17. The number of hydrogen-bond acceptors (Lipinski definition) is 2. The Morgan fingerprint density at radius 3 is 2.44 bits per heavy atom. The summed E-state index contributed by atoms with van der Waals surface area (Å²) in [4.78, 5) is 0. The van der Waals surface area contributed by atoms with E-state index >= 15 is 0 Å². The minimum Gasteiger partial charge on any atom is -0.379 e. The van der Waals surface area contributed by atoms with E-state index in [4.69, 9.17) is 4.74 Å². The second-order valence-corrected chi connectivity index (χ2v) is 5.12. The highest BCUT2D eigenvalue weighted by atomic mass is 16.5. The molecule has 0 aromatic heterocycles. The van der Waals surface area contributed by atoms with E-state index in [0.717, 1.165) is 26.1 Å². The maximum atomic E-state index is 5.50. The van der Waals surface area contributed by atoms with Gasteiger partial charge in [-0.1, -0.05) is 37.3 Å². The largest absolute Gasteiger partial charge is 0.379 e. The zero-order valence-electron chi connectivity index (χ0n) is 12.0. The number of ether oxygens (including phenoxy) is 1. The summed E-state index contributed by atoms with van der Waals surface area (Å²) < 4.78 is 5.50. The summed E-state index contributed by atoms with van der Waals surface area (Å²) in [6.07, 6.45) is 2.63. The monoisotopic (exact) mass is 249 g/mol. The smallest absolute Gasteiger partial charge is 0.0518 e. The van der Waals surface area contributed by atoms with Crippen LogP contribution in [0.1, 0.15) is 45.1 Å². The van der Waals surface area contributed by atoms with E-state index in [2.05, 4.69) is 56.4 Å². The predicted octanol–water partition coefficient (Wildman–Crippen LogP) is 3.58. The van der Waals surface area contributed by atoms with Gasteiger partial charge in [-0.3, -0.25) is 0 Å². The molecule has 0 saturated heterocycles. The van der Waals surface area contributed by atoms with Crippen molar-refractivity contribution in [3.8, 4) is 0 Å². The first-order chi connectivity index (χ1) is 8.70. The lowest BCUT2D eigenvalue weighted by atomic mass is 9.98. The molecule has 0 saturated carbocycles. The van der Waals surface area contributed by atoms with Crippen molar-refractivity contribution in [1.29, 1.82) is 0 Å². The molecule has 0 amide bonds. The number of hydrogen-bond donors (Lipinski definition) is 1. The molecule has 18 heavy (non-hydrogen) atoms. The maximum absolute atomic E-state index is 5.50. The molecule has 0 spiro atoms. The molecule has 0 radical (unpaired) electrons. The predicted molar refractivity (Wildman–Crippen MR) is 78.0 cm³/mol. The fourth-order valence-corrected chi connectivity index (χ4v) is 1.91. The molecule has 1 unspecified atom stereocenters. The number of benzene rings is 1. The molecule has 0 aliphatic carbocycles. The van der Waals surface area contributed by atoms with Gasteiger partial charge < -0.3 is 10.1 Å². The van der Waals surface area contributed by atoms with Crippen LogP contribution in [-0.4, -0.2) is 25.8 Å². The van der Waals surface area contributed by atoms with Crippen LogP contribution in [-0.2, 0) is 4.74 Å². The van der Waals surface area contributed by atoms with E-state index in [1.54, 1.807) is 0 Å². The van der Waals surface area contributed by atoms with E-state index in [0.29, 0.717) is 12.0 Å². The lowest BCUT2D eigenvalue weighted by Gasteiger charge is -2.12. The van der Waals surface area contributed by atoms with Gasteiger partial charge in [0.05, 0.1) is 6.10 Å². The van der Waals surface area contributed by atoms with Crippen LogP contribution in [0.15, 0.2) is 30.3 Å². The van der Waals surface area contributed by atoms with E-state index in [1.165, 1.54) is 12.0 Å². The molecular formula is C16H27NO. The fraction of sp³-hybridized carbons (Fsp3) is 0.625. The SMILES string of the molecule is CC(C)OCCCNCCC(C)c1ccccc1. The number of rotatable bonds is 9. The molecule has 1 rings (SSSR count). The first kappa shape index (κ1) is 15.2. The minimum atomic E-state index is 0.350. The van der Waals surface area contributed by atoms with Gasteiger partial charge in [0.1, 0.15) is 0 Å². The normalized spacial score (nSPS) is 12.9. The molecule has 0 bridgehead atoms. The van der Waals surface area contributed by atoms with Gasteiger partial charge in [0.2, 0.25) is 0 Å². The fourth-order valence-electron chi connectivity index (χ4n) is 1.91. The molecule has 1 atom stereocenters. The summed E-state index contributed by atoms with van der Waals surface area (Å²) in [5.41, 5.74) is 1.43. The van der Waals surface area contributed by atoms with Gasteiger partial charge in [0.15, 0.2) is 0 Å². The highest BCUT2D eigenvalue weighted by molar-refractivity contribution is 5.18. The summed E-state index contributed by atoms with van der Waals surface area (Å²) in [6.45, 7) is 9.44. The van der Waals surface area contributed by atoms with Crippen LogP contribution in [0.2, 0.25) is 0 Å². The van der Waals surface area contributed by atoms with Gasteiger partial charge in [-0.15, -0.1) is 0 Å². The van der Waals surface area contributed by atoms with E-state index < -0.39 is 0 Å². The van der Waals surface area contributed by atoms with E-state index in [9.17, 15) is 0 Å². The van der Waals surface area contributed by atoms with Gasteiger partial charge >= 0.3 is 0 Å². The summed E-state index contributed by atoms with van der Waals surface area (Å²) >= 11 is 0. The summed E-state index contributed by atoms with van der Waals surface area (Å²) in [7, 11) is 0. The van der Waals surface area contributed by atoms with E-state index in [1.807, 2.05) is 0 Å². The minimum absolute atomic E-state index is 0.350. The second-order valence-electron chi connectivity index (χ2n) is 5.12. The Bertz CT molecular complexity index is 297. The van der Waals surface area contributed by atoms with Crippen molar-refractivity contribution in [2.24, 2.45) is 0 Å². The Kier molecular flexibility index (Phi) is 7.70. The van der Waals surface area contributed by atoms with Crippen molar-refractivity contribution in [3.05, 3.63) is 35.9 Å². The van der Waals surface area contributed by atoms with Crippen molar-refractivity contribution in [3.63, 3.8) is 0 Å². The van der Waals surface area contributed by atoms with Crippen LogP contribution in [0, 0.1) is 0 Å². The van der Waals surface area contributed by atoms with Gasteiger partial charge in [0.25, 0.3) is 0 Å².